The maximum absolute atomic E-state index is 12.3. The van der Waals surface area contributed by atoms with Crippen LogP contribution in [-0.4, -0.2) is 31.7 Å². The molecule has 4 nitrogen and oxygen atoms in total. The fourth-order valence-electron chi connectivity index (χ4n) is 3.06. The van der Waals surface area contributed by atoms with Crippen LogP contribution in [0.1, 0.15) is 31.2 Å². The highest BCUT2D eigenvalue weighted by molar-refractivity contribution is 6.02. The summed E-state index contributed by atoms with van der Waals surface area (Å²) >= 11 is 0. The van der Waals surface area contributed by atoms with E-state index in [2.05, 4.69) is 0 Å². The number of epoxide rings is 1. The van der Waals surface area contributed by atoms with E-state index in [1.165, 1.54) is 6.42 Å². The standard InChI is InChI=1S/C17H20O4/c1-19-13-8-6-12(11-14(13)20-2)7-9-15(18)17-10-4-3-5-16(17)21-17/h6-9,11,16H,3-5,10H2,1-2H3/b9-7+. The van der Waals surface area contributed by atoms with Crippen LogP contribution in [0.15, 0.2) is 24.3 Å². The van der Waals surface area contributed by atoms with Crippen molar-refractivity contribution in [1.82, 2.24) is 0 Å². The predicted octanol–water partition coefficient (Wildman–Crippen LogP) is 3.00. The van der Waals surface area contributed by atoms with Gasteiger partial charge in [-0.05, 0) is 43.0 Å². The van der Waals surface area contributed by atoms with E-state index >= 15 is 0 Å². The Kier molecular flexibility index (Phi) is 3.72. The molecule has 21 heavy (non-hydrogen) atoms. The molecule has 3 rings (SSSR count). The number of carbonyl (C=O) groups is 1. The van der Waals surface area contributed by atoms with E-state index in [4.69, 9.17) is 14.2 Å². The number of hydrogen-bond acceptors (Lipinski definition) is 4. The molecule has 1 aromatic carbocycles. The zero-order valence-corrected chi connectivity index (χ0v) is 12.4. The second-order valence-electron chi connectivity index (χ2n) is 5.55. The number of rotatable bonds is 5. The second kappa shape index (κ2) is 5.53. The molecule has 1 aliphatic heterocycles. The lowest BCUT2D eigenvalue weighted by molar-refractivity contribution is -0.119. The van der Waals surface area contributed by atoms with Gasteiger partial charge in [0.25, 0.3) is 0 Å². The summed E-state index contributed by atoms with van der Waals surface area (Å²) in [6.07, 6.45) is 7.70. The molecule has 0 radical (unpaired) electrons. The van der Waals surface area contributed by atoms with Gasteiger partial charge in [-0.3, -0.25) is 4.79 Å². The Morgan fingerprint density at radius 3 is 2.81 bits per heavy atom. The van der Waals surface area contributed by atoms with E-state index in [1.807, 2.05) is 24.3 Å². The first kappa shape index (κ1) is 14.1. The molecular weight excluding hydrogens is 268 g/mol. The minimum absolute atomic E-state index is 0.0852. The first-order valence-corrected chi connectivity index (χ1v) is 7.32. The fourth-order valence-corrected chi connectivity index (χ4v) is 3.06. The van der Waals surface area contributed by atoms with Gasteiger partial charge in [0.05, 0.1) is 20.3 Å². The summed E-state index contributed by atoms with van der Waals surface area (Å²) < 4.78 is 16.1. The summed E-state index contributed by atoms with van der Waals surface area (Å²) in [6.45, 7) is 0. The van der Waals surface area contributed by atoms with Crippen molar-refractivity contribution in [3.05, 3.63) is 29.8 Å². The molecule has 0 aromatic heterocycles. The van der Waals surface area contributed by atoms with E-state index in [9.17, 15) is 4.79 Å². The van der Waals surface area contributed by atoms with Crippen LogP contribution in [-0.2, 0) is 9.53 Å². The number of hydrogen-bond donors (Lipinski definition) is 0. The molecule has 2 atom stereocenters. The number of methoxy groups -OCH3 is 2. The largest absolute Gasteiger partial charge is 0.493 e. The maximum Gasteiger partial charge on any atom is 0.190 e. The first-order chi connectivity index (χ1) is 10.2. The van der Waals surface area contributed by atoms with Crippen LogP contribution in [0.5, 0.6) is 11.5 Å². The number of fused-ring (bicyclic) bond motifs is 1. The molecule has 1 saturated carbocycles. The second-order valence-corrected chi connectivity index (χ2v) is 5.55. The van der Waals surface area contributed by atoms with Gasteiger partial charge in [-0.1, -0.05) is 18.6 Å². The molecule has 1 heterocycles. The topological polar surface area (TPSA) is 48.1 Å². The number of benzene rings is 1. The molecule has 1 aliphatic carbocycles. The van der Waals surface area contributed by atoms with Crippen molar-refractivity contribution in [3.63, 3.8) is 0 Å². The van der Waals surface area contributed by atoms with Crippen molar-refractivity contribution in [1.29, 1.82) is 0 Å². The third kappa shape index (κ3) is 2.56. The SMILES string of the molecule is COc1ccc(/C=C/C(=O)C23CCCCC2O3)cc1OC. The van der Waals surface area contributed by atoms with Gasteiger partial charge in [0.2, 0.25) is 0 Å². The lowest BCUT2D eigenvalue weighted by Crippen LogP contribution is -2.28. The first-order valence-electron chi connectivity index (χ1n) is 7.32. The Hall–Kier alpha value is -1.81. The number of ketones is 1. The molecule has 4 heteroatoms. The van der Waals surface area contributed by atoms with Crippen LogP contribution in [0.4, 0.5) is 0 Å². The molecule has 1 saturated heterocycles. The molecule has 2 unspecified atom stereocenters. The quantitative estimate of drug-likeness (QED) is 0.617. The van der Waals surface area contributed by atoms with Crippen LogP contribution >= 0.6 is 0 Å². The van der Waals surface area contributed by atoms with Crippen molar-refractivity contribution < 1.29 is 19.0 Å². The Labute approximate surface area is 124 Å². The van der Waals surface area contributed by atoms with Crippen molar-refractivity contribution in [2.24, 2.45) is 0 Å². The summed E-state index contributed by atoms with van der Waals surface area (Å²) in [5.41, 5.74) is 0.399. The van der Waals surface area contributed by atoms with Crippen LogP contribution in [0, 0.1) is 0 Å². The van der Waals surface area contributed by atoms with Crippen molar-refractivity contribution in [3.8, 4) is 11.5 Å². The minimum atomic E-state index is -0.509. The highest BCUT2D eigenvalue weighted by Crippen LogP contribution is 2.48. The molecule has 0 amide bonds. The van der Waals surface area contributed by atoms with Crippen LogP contribution < -0.4 is 9.47 Å². The van der Waals surface area contributed by atoms with Gasteiger partial charge in [0.15, 0.2) is 22.9 Å². The Morgan fingerprint density at radius 1 is 1.29 bits per heavy atom. The predicted molar refractivity (Wildman–Crippen MR) is 79.7 cm³/mol. The molecular formula is C17H20O4. The summed E-state index contributed by atoms with van der Waals surface area (Å²) in [5.74, 6) is 1.42. The molecule has 112 valence electrons. The summed E-state index contributed by atoms with van der Waals surface area (Å²) in [7, 11) is 3.20. The number of carbonyl (C=O) groups excluding carboxylic acids is 1. The summed E-state index contributed by atoms with van der Waals surface area (Å²) in [4.78, 5) is 12.3. The van der Waals surface area contributed by atoms with Crippen molar-refractivity contribution in [2.75, 3.05) is 14.2 Å². The smallest absolute Gasteiger partial charge is 0.190 e. The molecule has 2 fully saturated rings. The third-order valence-corrected chi connectivity index (χ3v) is 4.33. The van der Waals surface area contributed by atoms with Gasteiger partial charge in [0.1, 0.15) is 0 Å². The molecule has 1 aromatic rings. The van der Waals surface area contributed by atoms with Gasteiger partial charge < -0.3 is 14.2 Å². The highest BCUT2D eigenvalue weighted by atomic mass is 16.6. The Balaban J connectivity index is 1.73. The minimum Gasteiger partial charge on any atom is -0.493 e. The van der Waals surface area contributed by atoms with Gasteiger partial charge in [0, 0.05) is 0 Å². The van der Waals surface area contributed by atoms with Crippen LogP contribution in [0.25, 0.3) is 6.08 Å². The molecule has 2 aliphatic rings. The Morgan fingerprint density at radius 2 is 2.10 bits per heavy atom. The van der Waals surface area contributed by atoms with Crippen molar-refractivity contribution in [2.45, 2.75) is 37.4 Å². The van der Waals surface area contributed by atoms with Gasteiger partial charge in [-0.2, -0.15) is 0 Å². The zero-order chi connectivity index (χ0) is 14.9. The average molecular weight is 288 g/mol. The monoisotopic (exact) mass is 288 g/mol. The highest BCUT2D eigenvalue weighted by Gasteiger charge is 2.61. The summed E-state index contributed by atoms with van der Waals surface area (Å²) in [6, 6.07) is 5.58. The normalized spacial score (nSPS) is 27.2. The van der Waals surface area contributed by atoms with E-state index < -0.39 is 5.60 Å². The van der Waals surface area contributed by atoms with Gasteiger partial charge in [-0.15, -0.1) is 0 Å². The van der Waals surface area contributed by atoms with E-state index in [0.29, 0.717) is 11.5 Å². The van der Waals surface area contributed by atoms with Gasteiger partial charge in [-0.25, -0.2) is 0 Å². The van der Waals surface area contributed by atoms with Gasteiger partial charge >= 0.3 is 0 Å². The molecule has 0 N–H and O–H groups in total. The lowest BCUT2D eigenvalue weighted by Gasteiger charge is -2.13. The lowest BCUT2D eigenvalue weighted by atomic mass is 9.86. The van der Waals surface area contributed by atoms with E-state index in [1.54, 1.807) is 20.3 Å². The Bertz CT molecular complexity index is 578. The average Bonchev–Trinajstić information content (AvgIpc) is 3.28. The van der Waals surface area contributed by atoms with Crippen LogP contribution in [0.2, 0.25) is 0 Å². The van der Waals surface area contributed by atoms with Crippen LogP contribution in [0.3, 0.4) is 0 Å². The number of ether oxygens (including phenoxy) is 3. The zero-order valence-electron chi connectivity index (χ0n) is 12.4. The summed E-state index contributed by atoms with van der Waals surface area (Å²) in [5, 5.41) is 0. The molecule has 0 spiro atoms. The van der Waals surface area contributed by atoms with E-state index in [0.717, 1.165) is 24.8 Å². The van der Waals surface area contributed by atoms with Crippen molar-refractivity contribution >= 4 is 11.9 Å². The third-order valence-electron chi connectivity index (χ3n) is 4.33. The molecule has 0 bridgehead atoms. The fraction of sp³-hybridized carbons (Fsp3) is 0.471. The van der Waals surface area contributed by atoms with E-state index in [-0.39, 0.29) is 11.9 Å². The maximum atomic E-state index is 12.3.